The SMILES string of the molecule is CCCl.CP(N)(=O)NCCCl. The lowest BCUT2D eigenvalue weighted by Crippen LogP contribution is -2.17. The van der Waals surface area contributed by atoms with Gasteiger partial charge >= 0.3 is 0 Å². The van der Waals surface area contributed by atoms with E-state index >= 15 is 0 Å². The molecule has 0 aliphatic carbocycles. The molecule has 0 radical (unpaired) electrons. The summed E-state index contributed by atoms with van der Waals surface area (Å²) in [6, 6.07) is 0. The van der Waals surface area contributed by atoms with Crippen molar-refractivity contribution in [1.82, 2.24) is 5.09 Å². The zero-order valence-electron chi connectivity index (χ0n) is 6.81. The summed E-state index contributed by atoms with van der Waals surface area (Å²) in [6.45, 7) is 3.85. The molecule has 11 heavy (non-hydrogen) atoms. The van der Waals surface area contributed by atoms with E-state index in [4.69, 9.17) is 28.7 Å². The van der Waals surface area contributed by atoms with Gasteiger partial charge in [-0.2, -0.15) is 0 Å². The highest BCUT2D eigenvalue weighted by Crippen LogP contribution is 2.22. The van der Waals surface area contributed by atoms with Crippen molar-refractivity contribution in [3.8, 4) is 0 Å². The fourth-order valence-electron chi connectivity index (χ4n) is 0.264. The summed E-state index contributed by atoms with van der Waals surface area (Å²) in [5.74, 6) is 1.16. The maximum Gasteiger partial charge on any atom is 0.205 e. The van der Waals surface area contributed by atoms with Crippen LogP contribution in [0.3, 0.4) is 0 Å². The van der Waals surface area contributed by atoms with Gasteiger partial charge in [0.2, 0.25) is 7.44 Å². The lowest BCUT2D eigenvalue weighted by Gasteiger charge is -2.04. The van der Waals surface area contributed by atoms with Gasteiger partial charge in [-0.25, -0.2) is 0 Å². The first-order valence-corrected chi connectivity index (χ1v) is 6.50. The number of nitrogens with one attached hydrogen (secondary N) is 1. The predicted molar refractivity (Wildman–Crippen MR) is 52.8 cm³/mol. The summed E-state index contributed by atoms with van der Waals surface area (Å²) < 4.78 is 10.6. The van der Waals surface area contributed by atoms with Gasteiger partial charge in [-0.15, -0.1) is 23.2 Å². The van der Waals surface area contributed by atoms with E-state index in [0.717, 1.165) is 5.88 Å². The van der Waals surface area contributed by atoms with Crippen LogP contribution < -0.4 is 10.6 Å². The highest BCUT2D eigenvalue weighted by Gasteiger charge is 2.02. The van der Waals surface area contributed by atoms with Gasteiger partial charge in [-0.3, -0.25) is 15.2 Å². The van der Waals surface area contributed by atoms with Crippen LogP contribution in [-0.2, 0) is 4.57 Å². The molecule has 0 aromatic heterocycles. The molecule has 6 heteroatoms. The Labute approximate surface area is 78.1 Å². The fraction of sp³-hybridized carbons (Fsp3) is 1.00. The normalized spacial score (nSPS) is 14.6. The van der Waals surface area contributed by atoms with Crippen molar-refractivity contribution in [2.75, 3.05) is 25.0 Å². The van der Waals surface area contributed by atoms with Crippen LogP contribution in [0.15, 0.2) is 0 Å². The molecule has 0 aromatic rings. The van der Waals surface area contributed by atoms with Gasteiger partial charge in [0.15, 0.2) is 0 Å². The smallest absolute Gasteiger partial charge is 0.205 e. The molecule has 1 unspecified atom stereocenters. The maximum absolute atomic E-state index is 10.6. The Hall–Kier alpha value is 0.730. The minimum absolute atomic E-state index is 0.440. The number of rotatable bonds is 3. The molecule has 70 valence electrons. The number of alkyl halides is 2. The lowest BCUT2D eigenvalue weighted by atomic mass is 10.8. The molecule has 0 saturated heterocycles. The van der Waals surface area contributed by atoms with Crippen LogP contribution in [0.2, 0.25) is 0 Å². The summed E-state index contributed by atoms with van der Waals surface area (Å²) in [7, 11) is -2.52. The minimum Gasteiger partial charge on any atom is -0.290 e. The van der Waals surface area contributed by atoms with Gasteiger partial charge in [0.05, 0.1) is 0 Å². The summed E-state index contributed by atoms with van der Waals surface area (Å²) in [5, 5.41) is 2.57. The second-order valence-corrected chi connectivity index (χ2v) is 5.06. The molecule has 0 saturated carbocycles. The van der Waals surface area contributed by atoms with E-state index in [9.17, 15) is 4.57 Å². The van der Waals surface area contributed by atoms with E-state index in [1.165, 1.54) is 6.66 Å². The van der Waals surface area contributed by atoms with E-state index in [0.29, 0.717) is 12.4 Å². The third-order valence-electron chi connectivity index (χ3n) is 0.520. The predicted octanol–water partition coefficient (Wildman–Crippen LogP) is 1.84. The molecular formula is C5H15Cl2N2OP. The Balaban J connectivity index is 0. The third kappa shape index (κ3) is 24.9. The summed E-state index contributed by atoms with van der Waals surface area (Å²) >= 11 is 10.3. The average Bonchev–Trinajstić information content (AvgIpc) is 1.84. The number of nitrogens with two attached hydrogens (primary N) is 1. The molecule has 0 spiro atoms. The third-order valence-corrected chi connectivity index (χ3v) is 1.56. The molecule has 0 aliphatic rings. The number of hydrogen-bond donors (Lipinski definition) is 2. The summed E-state index contributed by atoms with van der Waals surface area (Å²) in [6.07, 6.45) is 0. The average molecular weight is 221 g/mol. The maximum atomic E-state index is 10.6. The summed E-state index contributed by atoms with van der Waals surface area (Å²) in [4.78, 5) is 0. The van der Waals surface area contributed by atoms with Gasteiger partial charge < -0.3 is 0 Å². The molecule has 0 bridgehead atoms. The molecule has 0 heterocycles. The van der Waals surface area contributed by atoms with Gasteiger partial charge in [0.1, 0.15) is 0 Å². The molecule has 0 aliphatic heterocycles. The number of hydrogen-bond acceptors (Lipinski definition) is 1. The molecule has 3 nitrogen and oxygen atoms in total. The van der Waals surface area contributed by atoms with Crippen molar-refractivity contribution in [2.45, 2.75) is 6.92 Å². The zero-order valence-corrected chi connectivity index (χ0v) is 9.22. The van der Waals surface area contributed by atoms with Gasteiger partial charge in [0.25, 0.3) is 0 Å². The molecule has 0 amide bonds. The standard InChI is InChI=1S/C3H10ClN2OP.C2H5Cl/c1-8(5,7)6-3-2-4;1-2-3/h2-3H2,1H3,(H3,5,6,7);2H2,1H3. The van der Waals surface area contributed by atoms with Crippen LogP contribution in [0.5, 0.6) is 0 Å². The van der Waals surface area contributed by atoms with Gasteiger partial charge in [-0.05, 0) is 0 Å². The molecule has 0 rings (SSSR count). The van der Waals surface area contributed by atoms with E-state index in [1.54, 1.807) is 0 Å². The first kappa shape index (κ1) is 14.3. The molecular weight excluding hydrogens is 206 g/mol. The second kappa shape index (κ2) is 8.82. The Morgan fingerprint density at radius 1 is 1.55 bits per heavy atom. The van der Waals surface area contributed by atoms with E-state index in [-0.39, 0.29) is 0 Å². The monoisotopic (exact) mass is 220 g/mol. The van der Waals surface area contributed by atoms with Gasteiger partial charge in [-0.1, -0.05) is 6.92 Å². The quantitative estimate of drug-likeness (QED) is 0.564. The van der Waals surface area contributed by atoms with Crippen molar-refractivity contribution < 1.29 is 4.57 Å². The van der Waals surface area contributed by atoms with Crippen LogP contribution in [0.4, 0.5) is 0 Å². The van der Waals surface area contributed by atoms with Crippen molar-refractivity contribution in [3.63, 3.8) is 0 Å². The van der Waals surface area contributed by atoms with Crippen LogP contribution in [0, 0.1) is 0 Å². The van der Waals surface area contributed by atoms with Crippen molar-refractivity contribution in [2.24, 2.45) is 5.50 Å². The van der Waals surface area contributed by atoms with Crippen LogP contribution in [0.1, 0.15) is 6.92 Å². The van der Waals surface area contributed by atoms with Crippen molar-refractivity contribution in [3.05, 3.63) is 0 Å². The van der Waals surface area contributed by atoms with E-state index in [2.05, 4.69) is 5.09 Å². The van der Waals surface area contributed by atoms with Gasteiger partial charge in [0, 0.05) is 25.0 Å². The topological polar surface area (TPSA) is 55.1 Å². The van der Waals surface area contributed by atoms with Crippen LogP contribution >= 0.6 is 30.6 Å². The van der Waals surface area contributed by atoms with Crippen LogP contribution in [-0.4, -0.2) is 25.0 Å². The molecule has 0 fully saturated rings. The molecule has 1 atom stereocenters. The van der Waals surface area contributed by atoms with Crippen molar-refractivity contribution >= 4 is 30.6 Å². The largest absolute Gasteiger partial charge is 0.290 e. The molecule has 0 aromatic carbocycles. The highest BCUT2D eigenvalue weighted by atomic mass is 35.5. The second-order valence-electron chi connectivity index (χ2n) is 1.85. The van der Waals surface area contributed by atoms with Crippen molar-refractivity contribution in [1.29, 1.82) is 0 Å². The first-order chi connectivity index (χ1) is 4.97. The Morgan fingerprint density at radius 3 is 2.00 bits per heavy atom. The fourth-order valence-corrected chi connectivity index (χ4v) is 1.05. The van der Waals surface area contributed by atoms with E-state index < -0.39 is 7.44 Å². The highest BCUT2D eigenvalue weighted by molar-refractivity contribution is 7.58. The Morgan fingerprint density at radius 2 is 1.91 bits per heavy atom. The number of halogens is 2. The zero-order chi connectivity index (χ0) is 9.33. The summed E-state index contributed by atoms with van der Waals surface area (Å²) in [5.41, 5.74) is 5.11. The van der Waals surface area contributed by atoms with Crippen LogP contribution in [0.25, 0.3) is 0 Å². The first-order valence-electron chi connectivity index (χ1n) is 3.21. The Bertz CT molecular complexity index is 117. The minimum atomic E-state index is -2.52. The Kier molecular flexibility index (Phi) is 11.4. The van der Waals surface area contributed by atoms with E-state index in [1.807, 2.05) is 6.92 Å². The lowest BCUT2D eigenvalue weighted by molar-refractivity contribution is 0.571. The molecule has 3 N–H and O–H groups in total.